The van der Waals surface area contributed by atoms with Crippen LogP contribution in [0.1, 0.15) is 36.0 Å². The Morgan fingerprint density at radius 2 is 1.54 bits per heavy atom. The number of esters is 1. The minimum Gasteiger partial charge on any atom is -0.493 e. The Bertz CT molecular complexity index is 578. The van der Waals surface area contributed by atoms with Crippen LogP contribution < -0.4 is 14.2 Å². The molecule has 2 atom stereocenters. The van der Waals surface area contributed by atoms with E-state index in [1.54, 1.807) is 12.1 Å². The smallest absolute Gasteiger partial charge is 0.338 e. The molecule has 2 aliphatic rings. The van der Waals surface area contributed by atoms with Crippen molar-refractivity contribution in [2.75, 3.05) is 28.4 Å². The number of piperidine rings is 1. The van der Waals surface area contributed by atoms with Crippen molar-refractivity contribution in [2.45, 2.75) is 43.9 Å². The number of benzene rings is 1. The van der Waals surface area contributed by atoms with E-state index in [2.05, 4.69) is 11.9 Å². The highest BCUT2D eigenvalue weighted by molar-refractivity contribution is 5.91. The van der Waals surface area contributed by atoms with Gasteiger partial charge in [0.25, 0.3) is 0 Å². The van der Waals surface area contributed by atoms with E-state index in [0.717, 1.165) is 12.8 Å². The van der Waals surface area contributed by atoms with Crippen LogP contribution in [0, 0.1) is 0 Å². The zero-order valence-corrected chi connectivity index (χ0v) is 14.7. The average molecular weight is 335 g/mol. The minimum absolute atomic E-state index is 0.0229. The maximum Gasteiger partial charge on any atom is 0.338 e. The molecule has 0 amide bonds. The number of rotatable bonds is 5. The van der Waals surface area contributed by atoms with Gasteiger partial charge in [-0.15, -0.1) is 0 Å². The number of nitrogens with zero attached hydrogens (tertiary/aromatic N) is 1. The number of carbonyl (C=O) groups excluding carboxylic acids is 1. The largest absolute Gasteiger partial charge is 0.493 e. The van der Waals surface area contributed by atoms with Crippen LogP contribution in [0.2, 0.25) is 0 Å². The second kappa shape index (κ2) is 6.89. The first kappa shape index (κ1) is 16.9. The van der Waals surface area contributed by atoms with Crippen molar-refractivity contribution < 1.29 is 23.7 Å². The van der Waals surface area contributed by atoms with Crippen LogP contribution >= 0.6 is 0 Å². The van der Waals surface area contributed by atoms with Gasteiger partial charge in [0.15, 0.2) is 11.5 Å². The third-order valence-electron chi connectivity index (χ3n) is 5.23. The number of fused-ring (bicyclic) bond motifs is 2. The molecule has 0 aliphatic carbocycles. The molecule has 2 saturated heterocycles. The van der Waals surface area contributed by atoms with E-state index >= 15 is 0 Å². The molecule has 6 heteroatoms. The third-order valence-corrected chi connectivity index (χ3v) is 5.23. The lowest BCUT2D eigenvalue weighted by molar-refractivity contribution is -0.000509. The van der Waals surface area contributed by atoms with Gasteiger partial charge >= 0.3 is 5.97 Å². The third kappa shape index (κ3) is 3.02. The molecule has 0 N–H and O–H groups in total. The Morgan fingerprint density at radius 3 is 2.00 bits per heavy atom. The summed E-state index contributed by atoms with van der Waals surface area (Å²) >= 11 is 0. The van der Waals surface area contributed by atoms with Gasteiger partial charge in [0, 0.05) is 24.9 Å². The lowest BCUT2D eigenvalue weighted by Crippen LogP contribution is -2.43. The molecule has 2 bridgehead atoms. The first-order valence-electron chi connectivity index (χ1n) is 8.30. The van der Waals surface area contributed by atoms with Crippen LogP contribution in [0.25, 0.3) is 0 Å². The Balaban J connectivity index is 1.75. The molecule has 2 aliphatic heterocycles. The monoisotopic (exact) mass is 335 g/mol. The molecule has 3 rings (SSSR count). The number of ether oxygens (including phenoxy) is 4. The molecule has 1 aromatic carbocycles. The van der Waals surface area contributed by atoms with Crippen molar-refractivity contribution in [1.29, 1.82) is 0 Å². The molecule has 0 spiro atoms. The summed E-state index contributed by atoms with van der Waals surface area (Å²) in [4.78, 5) is 15.0. The number of carbonyl (C=O) groups is 1. The summed E-state index contributed by atoms with van der Waals surface area (Å²) in [5.74, 6) is 1.02. The fourth-order valence-corrected chi connectivity index (χ4v) is 3.88. The summed E-state index contributed by atoms with van der Waals surface area (Å²) in [6, 6.07) is 4.32. The van der Waals surface area contributed by atoms with Crippen molar-refractivity contribution in [2.24, 2.45) is 0 Å². The Hall–Kier alpha value is -1.95. The van der Waals surface area contributed by atoms with E-state index in [1.807, 2.05) is 0 Å². The minimum atomic E-state index is -0.344. The topological polar surface area (TPSA) is 57.2 Å². The van der Waals surface area contributed by atoms with Gasteiger partial charge < -0.3 is 23.8 Å². The highest BCUT2D eigenvalue weighted by atomic mass is 16.5. The van der Waals surface area contributed by atoms with Gasteiger partial charge in [-0.1, -0.05) is 0 Å². The fourth-order valence-electron chi connectivity index (χ4n) is 3.88. The summed E-state index contributed by atoms with van der Waals surface area (Å²) in [6.07, 6.45) is 4.18. The zero-order chi connectivity index (χ0) is 17.3. The van der Waals surface area contributed by atoms with Crippen LogP contribution in [0.5, 0.6) is 17.2 Å². The number of methoxy groups -OCH3 is 3. The molecule has 0 radical (unpaired) electrons. The van der Waals surface area contributed by atoms with E-state index in [9.17, 15) is 4.79 Å². The molecule has 132 valence electrons. The molecule has 2 heterocycles. The van der Waals surface area contributed by atoms with E-state index < -0.39 is 0 Å². The Morgan fingerprint density at radius 1 is 1.00 bits per heavy atom. The highest BCUT2D eigenvalue weighted by Gasteiger charge is 2.40. The molecule has 24 heavy (non-hydrogen) atoms. The Labute approximate surface area is 142 Å². The fraction of sp³-hybridized carbons (Fsp3) is 0.611. The first-order valence-corrected chi connectivity index (χ1v) is 8.30. The zero-order valence-electron chi connectivity index (χ0n) is 14.7. The van der Waals surface area contributed by atoms with Crippen molar-refractivity contribution in [3.8, 4) is 17.2 Å². The van der Waals surface area contributed by atoms with Gasteiger partial charge in [0.2, 0.25) is 5.75 Å². The molecular weight excluding hydrogens is 310 g/mol. The second-order valence-corrected chi connectivity index (χ2v) is 6.46. The van der Waals surface area contributed by atoms with Crippen molar-refractivity contribution in [3.05, 3.63) is 17.7 Å². The van der Waals surface area contributed by atoms with Crippen molar-refractivity contribution in [3.63, 3.8) is 0 Å². The molecule has 1 aromatic rings. The molecule has 6 nitrogen and oxygen atoms in total. The van der Waals surface area contributed by atoms with Crippen LogP contribution in [-0.4, -0.2) is 57.4 Å². The van der Waals surface area contributed by atoms with Gasteiger partial charge in [-0.25, -0.2) is 4.79 Å². The SMILES string of the molecule is COc1cc(C(=O)OC2C[C@@H]3CC[C@@H](C2)N3C)cc(OC)c1OC. The molecule has 0 aromatic heterocycles. The maximum atomic E-state index is 12.6. The highest BCUT2D eigenvalue weighted by Crippen LogP contribution is 2.39. The summed E-state index contributed by atoms with van der Waals surface area (Å²) in [5.41, 5.74) is 0.413. The van der Waals surface area contributed by atoms with E-state index in [-0.39, 0.29) is 12.1 Å². The second-order valence-electron chi connectivity index (χ2n) is 6.46. The van der Waals surface area contributed by atoms with Gasteiger partial charge in [-0.05, 0) is 32.0 Å². The van der Waals surface area contributed by atoms with Crippen LogP contribution in [0.4, 0.5) is 0 Å². The Kier molecular flexibility index (Phi) is 4.85. The number of hydrogen-bond donors (Lipinski definition) is 0. The predicted octanol–water partition coefficient (Wildman–Crippen LogP) is 2.49. The molecule has 0 saturated carbocycles. The maximum absolute atomic E-state index is 12.6. The van der Waals surface area contributed by atoms with Crippen LogP contribution in [0.15, 0.2) is 12.1 Å². The standard InChI is InChI=1S/C18H25NO5/c1-19-12-5-6-13(19)10-14(9-12)24-18(20)11-7-15(21-2)17(23-4)16(8-11)22-3/h7-8,12-14H,5-6,9-10H2,1-4H3/t12-,13-/m0/s1. The summed E-state index contributed by atoms with van der Waals surface area (Å²) < 4.78 is 21.6. The van der Waals surface area contributed by atoms with E-state index in [1.165, 1.54) is 34.2 Å². The molecular formula is C18H25NO5. The number of hydrogen-bond acceptors (Lipinski definition) is 6. The van der Waals surface area contributed by atoms with Gasteiger partial charge in [0.05, 0.1) is 26.9 Å². The quantitative estimate of drug-likeness (QED) is 0.771. The van der Waals surface area contributed by atoms with E-state index in [0.29, 0.717) is 34.9 Å². The van der Waals surface area contributed by atoms with Gasteiger partial charge in [-0.3, -0.25) is 0 Å². The van der Waals surface area contributed by atoms with Crippen molar-refractivity contribution in [1.82, 2.24) is 4.90 Å². The lowest BCUT2D eigenvalue weighted by atomic mass is 10.0. The van der Waals surface area contributed by atoms with Crippen LogP contribution in [-0.2, 0) is 4.74 Å². The normalized spacial score (nSPS) is 26.1. The summed E-state index contributed by atoms with van der Waals surface area (Å²) in [6.45, 7) is 0. The summed E-state index contributed by atoms with van der Waals surface area (Å²) in [7, 11) is 6.76. The first-order chi connectivity index (χ1) is 11.6. The average Bonchev–Trinajstić information content (AvgIpc) is 2.81. The van der Waals surface area contributed by atoms with Gasteiger partial charge in [-0.2, -0.15) is 0 Å². The van der Waals surface area contributed by atoms with Crippen molar-refractivity contribution >= 4 is 5.97 Å². The summed E-state index contributed by atoms with van der Waals surface area (Å²) in [5, 5.41) is 0. The molecule has 0 unspecified atom stereocenters. The lowest BCUT2D eigenvalue weighted by Gasteiger charge is -2.35. The van der Waals surface area contributed by atoms with Crippen LogP contribution in [0.3, 0.4) is 0 Å². The van der Waals surface area contributed by atoms with Gasteiger partial charge in [0.1, 0.15) is 6.10 Å². The van der Waals surface area contributed by atoms with E-state index in [4.69, 9.17) is 18.9 Å². The molecule has 2 fully saturated rings. The predicted molar refractivity (Wildman–Crippen MR) is 89.1 cm³/mol.